The van der Waals surface area contributed by atoms with Crippen LogP contribution in [-0.4, -0.2) is 28.5 Å². The maximum absolute atomic E-state index is 12.0. The maximum atomic E-state index is 12.0. The molecule has 2 rings (SSSR count). The number of aryl methyl sites for hydroxylation is 1. The number of hydrogen-bond acceptors (Lipinski definition) is 4. The first-order valence-corrected chi connectivity index (χ1v) is 9.38. The number of nitrogens with one attached hydrogen (secondary N) is 2. The van der Waals surface area contributed by atoms with Crippen LogP contribution in [0.25, 0.3) is 0 Å². The zero-order valence-corrected chi connectivity index (χ0v) is 15.1. The molecule has 0 aromatic heterocycles. The van der Waals surface area contributed by atoms with Crippen molar-refractivity contribution in [3.8, 4) is 0 Å². The summed E-state index contributed by atoms with van der Waals surface area (Å²) in [6, 6.07) is 11.3. The minimum Gasteiger partial charge on any atom is -0.378 e. The third kappa shape index (κ3) is 4.62. The van der Waals surface area contributed by atoms with Crippen LogP contribution in [0, 0.1) is 6.92 Å². The van der Waals surface area contributed by atoms with Crippen LogP contribution in [0.4, 0.5) is 21.9 Å². The van der Waals surface area contributed by atoms with E-state index in [1.54, 1.807) is 25.1 Å². The van der Waals surface area contributed by atoms with Crippen molar-refractivity contribution >= 4 is 42.8 Å². The lowest BCUT2D eigenvalue weighted by Crippen LogP contribution is -2.19. The van der Waals surface area contributed by atoms with Crippen molar-refractivity contribution in [3.63, 3.8) is 0 Å². The Morgan fingerprint density at radius 1 is 1.00 bits per heavy atom. The molecular formula is C16H18ClN3O3S. The fourth-order valence-electron chi connectivity index (χ4n) is 2.14. The molecule has 6 nitrogen and oxygen atoms in total. The van der Waals surface area contributed by atoms with E-state index in [1.165, 1.54) is 12.1 Å². The van der Waals surface area contributed by atoms with Gasteiger partial charge in [0.25, 0.3) is 9.05 Å². The van der Waals surface area contributed by atoms with Crippen LogP contribution in [0.3, 0.4) is 0 Å². The van der Waals surface area contributed by atoms with Crippen molar-refractivity contribution in [2.45, 2.75) is 11.8 Å². The van der Waals surface area contributed by atoms with Gasteiger partial charge in [-0.05, 0) is 55.0 Å². The molecule has 0 aliphatic rings. The summed E-state index contributed by atoms with van der Waals surface area (Å²) < 4.78 is 22.7. The highest BCUT2D eigenvalue weighted by Gasteiger charge is 2.14. The van der Waals surface area contributed by atoms with Crippen LogP contribution in [0.5, 0.6) is 0 Å². The summed E-state index contributed by atoms with van der Waals surface area (Å²) in [5.41, 5.74) is 2.60. The predicted octanol–water partition coefficient (Wildman–Crippen LogP) is 3.63. The van der Waals surface area contributed by atoms with Gasteiger partial charge in [-0.1, -0.05) is 0 Å². The van der Waals surface area contributed by atoms with Gasteiger partial charge >= 0.3 is 6.03 Å². The first-order chi connectivity index (χ1) is 11.2. The Balaban J connectivity index is 2.06. The molecule has 0 fully saturated rings. The smallest absolute Gasteiger partial charge is 0.323 e. The molecular weight excluding hydrogens is 350 g/mol. The Bertz CT molecular complexity index is 849. The summed E-state index contributed by atoms with van der Waals surface area (Å²) in [4.78, 5) is 14.0. The normalized spacial score (nSPS) is 11.0. The molecule has 0 saturated heterocycles. The van der Waals surface area contributed by atoms with E-state index in [-0.39, 0.29) is 4.90 Å². The summed E-state index contributed by atoms with van der Waals surface area (Å²) in [6.07, 6.45) is 0. The molecule has 0 saturated carbocycles. The van der Waals surface area contributed by atoms with E-state index in [1.807, 2.05) is 31.1 Å². The van der Waals surface area contributed by atoms with Crippen molar-refractivity contribution < 1.29 is 13.2 Å². The van der Waals surface area contributed by atoms with Crippen molar-refractivity contribution in [1.29, 1.82) is 0 Å². The molecule has 2 N–H and O–H groups in total. The van der Waals surface area contributed by atoms with Crippen LogP contribution in [0.1, 0.15) is 5.56 Å². The standard InChI is InChI=1S/C16H18ClN3O3S/c1-11-10-13(6-9-15(11)24(17,22)23)19-16(21)18-12-4-7-14(8-5-12)20(2)3/h4-10H,1-3H3,(H2,18,19,21). The Labute approximate surface area is 145 Å². The van der Waals surface area contributed by atoms with E-state index in [0.717, 1.165) is 5.69 Å². The second-order valence-corrected chi connectivity index (χ2v) is 7.97. The molecule has 0 spiro atoms. The van der Waals surface area contributed by atoms with E-state index < -0.39 is 15.1 Å². The molecule has 128 valence electrons. The summed E-state index contributed by atoms with van der Waals surface area (Å²) in [5, 5.41) is 5.36. The minimum absolute atomic E-state index is 0.0226. The number of nitrogens with zero attached hydrogens (tertiary/aromatic N) is 1. The lowest BCUT2D eigenvalue weighted by Gasteiger charge is -2.13. The van der Waals surface area contributed by atoms with Crippen molar-refractivity contribution in [1.82, 2.24) is 0 Å². The summed E-state index contributed by atoms with van der Waals surface area (Å²) in [6.45, 7) is 1.61. The molecule has 8 heteroatoms. The molecule has 0 radical (unpaired) electrons. The monoisotopic (exact) mass is 367 g/mol. The molecule has 0 aliphatic heterocycles. The lowest BCUT2D eigenvalue weighted by molar-refractivity contribution is 0.262. The fraction of sp³-hybridized carbons (Fsp3) is 0.188. The van der Waals surface area contributed by atoms with Gasteiger partial charge < -0.3 is 15.5 Å². The first-order valence-electron chi connectivity index (χ1n) is 7.07. The Kier molecular flexibility index (Phi) is 5.36. The Hall–Kier alpha value is -2.25. The SMILES string of the molecule is Cc1cc(NC(=O)Nc2ccc(N(C)C)cc2)ccc1S(=O)(=O)Cl. The van der Waals surface area contributed by atoms with Gasteiger partial charge in [0, 0.05) is 41.8 Å². The number of carbonyl (C=O) groups excluding carboxylic acids is 1. The highest BCUT2D eigenvalue weighted by Crippen LogP contribution is 2.23. The topological polar surface area (TPSA) is 78.5 Å². The van der Waals surface area contributed by atoms with Gasteiger partial charge in [0.2, 0.25) is 0 Å². The van der Waals surface area contributed by atoms with Crippen LogP contribution in [0.15, 0.2) is 47.4 Å². The lowest BCUT2D eigenvalue weighted by atomic mass is 10.2. The second kappa shape index (κ2) is 7.11. The number of benzene rings is 2. The molecule has 2 aromatic rings. The molecule has 0 unspecified atom stereocenters. The molecule has 0 aliphatic carbocycles. The van der Waals surface area contributed by atoms with Crippen molar-refractivity contribution in [2.24, 2.45) is 0 Å². The van der Waals surface area contributed by atoms with E-state index in [4.69, 9.17) is 10.7 Å². The average Bonchev–Trinajstić information content (AvgIpc) is 2.46. The molecule has 2 amide bonds. The van der Waals surface area contributed by atoms with Crippen molar-refractivity contribution in [3.05, 3.63) is 48.0 Å². The number of urea groups is 1. The fourth-order valence-corrected chi connectivity index (χ4v) is 3.33. The second-order valence-electron chi connectivity index (χ2n) is 5.44. The number of hydrogen-bond donors (Lipinski definition) is 2. The molecule has 0 atom stereocenters. The van der Waals surface area contributed by atoms with Gasteiger partial charge in [-0.3, -0.25) is 0 Å². The summed E-state index contributed by atoms with van der Waals surface area (Å²) >= 11 is 0. The summed E-state index contributed by atoms with van der Waals surface area (Å²) in [5.74, 6) is 0. The van der Waals surface area contributed by atoms with Gasteiger partial charge in [0.05, 0.1) is 4.90 Å². The number of carbonyl (C=O) groups is 1. The Morgan fingerprint density at radius 3 is 2.04 bits per heavy atom. The number of halogens is 1. The van der Waals surface area contributed by atoms with E-state index in [2.05, 4.69) is 10.6 Å². The molecule has 2 aromatic carbocycles. The van der Waals surface area contributed by atoms with E-state index >= 15 is 0 Å². The highest BCUT2D eigenvalue weighted by atomic mass is 35.7. The van der Waals surface area contributed by atoms with Gasteiger partial charge in [0.1, 0.15) is 0 Å². The minimum atomic E-state index is -3.80. The number of amides is 2. The third-order valence-electron chi connectivity index (χ3n) is 3.34. The molecule has 0 heterocycles. The zero-order valence-electron chi connectivity index (χ0n) is 13.5. The molecule has 24 heavy (non-hydrogen) atoms. The van der Waals surface area contributed by atoms with Crippen LogP contribution >= 0.6 is 10.7 Å². The van der Waals surface area contributed by atoms with Gasteiger partial charge in [0.15, 0.2) is 0 Å². The Morgan fingerprint density at radius 2 is 1.54 bits per heavy atom. The van der Waals surface area contributed by atoms with Gasteiger partial charge in [-0.2, -0.15) is 0 Å². The molecule has 0 bridgehead atoms. The maximum Gasteiger partial charge on any atom is 0.323 e. The quantitative estimate of drug-likeness (QED) is 0.809. The van der Waals surface area contributed by atoms with Gasteiger partial charge in [-0.15, -0.1) is 0 Å². The largest absolute Gasteiger partial charge is 0.378 e. The van der Waals surface area contributed by atoms with Crippen LogP contribution < -0.4 is 15.5 Å². The van der Waals surface area contributed by atoms with Crippen molar-refractivity contribution in [2.75, 3.05) is 29.6 Å². The van der Waals surface area contributed by atoms with E-state index in [9.17, 15) is 13.2 Å². The first kappa shape index (κ1) is 18.1. The van der Waals surface area contributed by atoms with Gasteiger partial charge in [-0.25, -0.2) is 13.2 Å². The zero-order chi connectivity index (χ0) is 17.9. The van der Waals surface area contributed by atoms with Crippen LogP contribution in [0.2, 0.25) is 0 Å². The van der Waals surface area contributed by atoms with E-state index in [0.29, 0.717) is 16.9 Å². The predicted molar refractivity (Wildman–Crippen MR) is 97.6 cm³/mol. The number of rotatable bonds is 4. The highest BCUT2D eigenvalue weighted by molar-refractivity contribution is 8.13. The number of anilines is 3. The average molecular weight is 368 g/mol. The third-order valence-corrected chi connectivity index (χ3v) is 4.82. The summed E-state index contributed by atoms with van der Waals surface area (Å²) in [7, 11) is 5.40. The van der Waals surface area contributed by atoms with Crippen LogP contribution in [-0.2, 0) is 9.05 Å².